The lowest BCUT2D eigenvalue weighted by atomic mass is 10.1. The average Bonchev–Trinajstić information content (AvgIpc) is 2.48. The molecule has 0 radical (unpaired) electrons. The maximum absolute atomic E-state index is 4.99. The molecule has 0 saturated heterocycles. The molecule has 3 heteroatoms. The Balaban J connectivity index is 2.64. The third kappa shape index (κ3) is 2.08. The SMILES string of the molecule is COCCn1nccc1C(C)C. The summed E-state index contributed by atoms with van der Waals surface area (Å²) in [6, 6.07) is 2.06. The minimum Gasteiger partial charge on any atom is -0.383 e. The van der Waals surface area contributed by atoms with Crippen molar-refractivity contribution < 1.29 is 4.74 Å². The minimum atomic E-state index is 0.532. The zero-order chi connectivity index (χ0) is 8.97. The fourth-order valence-electron chi connectivity index (χ4n) is 1.20. The van der Waals surface area contributed by atoms with Gasteiger partial charge in [0.05, 0.1) is 13.2 Å². The van der Waals surface area contributed by atoms with Crippen molar-refractivity contribution in [2.75, 3.05) is 13.7 Å². The smallest absolute Gasteiger partial charge is 0.0658 e. The Hall–Kier alpha value is -0.830. The van der Waals surface area contributed by atoms with Gasteiger partial charge in [-0.25, -0.2) is 0 Å². The highest BCUT2D eigenvalue weighted by Gasteiger charge is 2.05. The van der Waals surface area contributed by atoms with Gasteiger partial charge in [0.1, 0.15) is 0 Å². The summed E-state index contributed by atoms with van der Waals surface area (Å²) in [4.78, 5) is 0. The zero-order valence-corrected chi connectivity index (χ0v) is 7.95. The van der Waals surface area contributed by atoms with Crippen LogP contribution in [0.4, 0.5) is 0 Å². The second-order valence-electron chi connectivity index (χ2n) is 3.13. The quantitative estimate of drug-likeness (QED) is 0.683. The van der Waals surface area contributed by atoms with Crippen LogP contribution < -0.4 is 0 Å². The number of aromatic nitrogens is 2. The van der Waals surface area contributed by atoms with Gasteiger partial charge in [-0.15, -0.1) is 0 Å². The third-order valence-corrected chi connectivity index (χ3v) is 1.85. The number of hydrogen-bond donors (Lipinski definition) is 0. The lowest BCUT2D eigenvalue weighted by molar-refractivity contribution is 0.182. The molecule has 1 aromatic rings. The molecule has 0 fully saturated rings. The van der Waals surface area contributed by atoms with Gasteiger partial charge >= 0.3 is 0 Å². The van der Waals surface area contributed by atoms with Crippen molar-refractivity contribution in [1.29, 1.82) is 0 Å². The molecule has 0 N–H and O–H groups in total. The van der Waals surface area contributed by atoms with Gasteiger partial charge in [-0.05, 0) is 12.0 Å². The summed E-state index contributed by atoms with van der Waals surface area (Å²) in [5.41, 5.74) is 1.27. The monoisotopic (exact) mass is 168 g/mol. The maximum Gasteiger partial charge on any atom is 0.0658 e. The Labute approximate surface area is 73.3 Å². The number of rotatable bonds is 4. The predicted molar refractivity (Wildman–Crippen MR) is 48.2 cm³/mol. The highest BCUT2D eigenvalue weighted by atomic mass is 16.5. The average molecular weight is 168 g/mol. The molecule has 0 aliphatic rings. The van der Waals surface area contributed by atoms with E-state index >= 15 is 0 Å². The Morgan fingerprint density at radius 1 is 1.58 bits per heavy atom. The van der Waals surface area contributed by atoms with E-state index in [0.29, 0.717) is 5.92 Å². The van der Waals surface area contributed by atoms with Crippen LogP contribution in [-0.4, -0.2) is 23.5 Å². The molecule has 0 aromatic carbocycles. The van der Waals surface area contributed by atoms with Crippen LogP contribution in [0, 0.1) is 0 Å². The molecule has 0 bridgehead atoms. The van der Waals surface area contributed by atoms with Gasteiger partial charge in [0.2, 0.25) is 0 Å². The molecule has 12 heavy (non-hydrogen) atoms. The maximum atomic E-state index is 4.99. The lowest BCUT2D eigenvalue weighted by Gasteiger charge is -2.08. The Morgan fingerprint density at radius 3 is 2.92 bits per heavy atom. The number of hydrogen-bond acceptors (Lipinski definition) is 2. The standard InChI is InChI=1S/C9H16N2O/c1-8(2)9-4-5-10-11(9)6-7-12-3/h4-5,8H,6-7H2,1-3H3. The molecule has 0 spiro atoms. The van der Waals surface area contributed by atoms with Crippen molar-refractivity contribution in [1.82, 2.24) is 9.78 Å². The number of nitrogens with zero attached hydrogens (tertiary/aromatic N) is 2. The van der Waals surface area contributed by atoms with Crippen molar-refractivity contribution in [3.63, 3.8) is 0 Å². The molecule has 1 rings (SSSR count). The Morgan fingerprint density at radius 2 is 2.33 bits per heavy atom. The van der Waals surface area contributed by atoms with Crippen LogP contribution in [0.2, 0.25) is 0 Å². The van der Waals surface area contributed by atoms with Gasteiger partial charge in [-0.1, -0.05) is 13.8 Å². The molecule has 0 aliphatic heterocycles. The Bertz CT molecular complexity index is 230. The van der Waals surface area contributed by atoms with Crippen LogP contribution >= 0.6 is 0 Å². The molecular formula is C9H16N2O. The van der Waals surface area contributed by atoms with E-state index in [1.165, 1.54) is 5.69 Å². The zero-order valence-electron chi connectivity index (χ0n) is 7.95. The van der Waals surface area contributed by atoms with Crippen molar-refractivity contribution in [3.05, 3.63) is 18.0 Å². The fraction of sp³-hybridized carbons (Fsp3) is 0.667. The highest BCUT2D eigenvalue weighted by Crippen LogP contribution is 2.12. The second-order valence-corrected chi connectivity index (χ2v) is 3.13. The molecule has 0 unspecified atom stereocenters. The van der Waals surface area contributed by atoms with Crippen molar-refractivity contribution >= 4 is 0 Å². The molecule has 3 nitrogen and oxygen atoms in total. The third-order valence-electron chi connectivity index (χ3n) is 1.85. The van der Waals surface area contributed by atoms with E-state index < -0.39 is 0 Å². The summed E-state index contributed by atoms with van der Waals surface area (Å²) in [5, 5.41) is 4.21. The molecule has 1 heterocycles. The first kappa shape index (κ1) is 9.26. The van der Waals surface area contributed by atoms with Gasteiger partial charge in [0.15, 0.2) is 0 Å². The fourth-order valence-corrected chi connectivity index (χ4v) is 1.20. The van der Waals surface area contributed by atoms with Crippen LogP contribution in [-0.2, 0) is 11.3 Å². The summed E-state index contributed by atoms with van der Waals surface area (Å²) < 4.78 is 6.98. The van der Waals surface area contributed by atoms with E-state index in [-0.39, 0.29) is 0 Å². The Kier molecular flexibility index (Phi) is 3.29. The summed E-state index contributed by atoms with van der Waals surface area (Å²) in [6.07, 6.45) is 1.84. The van der Waals surface area contributed by atoms with E-state index in [0.717, 1.165) is 13.2 Å². The summed E-state index contributed by atoms with van der Waals surface area (Å²) in [5.74, 6) is 0.532. The minimum absolute atomic E-state index is 0.532. The van der Waals surface area contributed by atoms with Crippen molar-refractivity contribution in [2.24, 2.45) is 0 Å². The van der Waals surface area contributed by atoms with Gasteiger partial charge in [0, 0.05) is 19.0 Å². The van der Waals surface area contributed by atoms with Gasteiger partial charge < -0.3 is 4.74 Å². The van der Waals surface area contributed by atoms with E-state index in [2.05, 4.69) is 25.0 Å². The largest absolute Gasteiger partial charge is 0.383 e. The van der Waals surface area contributed by atoms with Crippen LogP contribution in [0.15, 0.2) is 12.3 Å². The van der Waals surface area contributed by atoms with Gasteiger partial charge in [-0.2, -0.15) is 5.10 Å². The van der Waals surface area contributed by atoms with Crippen LogP contribution in [0.3, 0.4) is 0 Å². The molecule has 0 atom stereocenters. The highest BCUT2D eigenvalue weighted by molar-refractivity contribution is 5.05. The number of methoxy groups -OCH3 is 1. The first-order chi connectivity index (χ1) is 5.75. The summed E-state index contributed by atoms with van der Waals surface area (Å²) >= 11 is 0. The molecule has 68 valence electrons. The summed E-state index contributed by atoms with van der Waals surface area (Å²) in [7, 11) is 1.71. The van der Waals surface area contributed by atoms with Crippen molar-refractivity contribution in [3.8, 4) is 0 Å². The van der Waals surface area contributed by atoms with Crippen LogP contribution in [0.25, 0.3) is 0 Å². The van der Waals surface area contributed by atoms with Crippen molar-refractivity contribution in [2.45, 2.75) is 26.3 Å². The lowest BCUT2D eigenvalue weighted by Crippen LogP contribution is -2.10. The summed E-state index contributed by atoms with van der Waals surface area (Å²) in [6.45, 7) is 5.90. The molecule has 0 amide bonds. The van der Waals surface area contributed by atoms with Gasteiger partial charge in [-0.3, -0.25) is 4.68 Å². The van der Waals surface area contributed by atoms with E-state index in [9.17, 15) is 0 Å². The topological polar surface area (TPSA) is 27.1 Å². The van der Waals surface area contributed by atoms with E-state index in [1.54, 1.807) is 7.11 Å². The molecule has 0 aliphatic carbocycles. The number of ether oxygens (including phenoxy) is 1. The van der Waals surface area contributed by atoms with Gasteiger partial charge in [0.25, 0.3) is 0 Å². The van der Waals surface area contributed by atoms with Crippen LogP contribution in [0.1, 0.15) is 25.5 Å². The first-order valence-corrected chi connectivity index (χ1v) is 4.26. The second kappa shape index (κ2) is 4.26. The predicted octanol–water partition coefficient (Wildman–Crippen LogP) is 1.65. The van der Waals surface area contributed by atoms with Crippen LogP contribution in [0.5, 0.6) is 0 Å². The molecular weight excluding hydrogens is 152 g/mol. The normalized spacial score (nSPS) is 11.0. The van der Waals surface area contributed by atoms with E-state index in [1.807, 2.05) is 10.9 Å². The molecule has 1 aromatic heterocycles. The van der Waals surface area contributed by atoms with E-state index in [4.69, 9.17) is 4.74 Å². The first-order valence-electron chi connectivity index (χ1n) is 4.26. The molecule has 0 saturated carbocycles.